The van der Waals surface area contributed by atoms with E-state index in [0.29, 0.717) is 25.7 Å². The number of rotatable bonds is 9. The molecule has 0 aliphatic heterocycles. The second-order valence-corrected chi connectivity index (χ2v) is 30.2. The molecule has 44 heavy (non-hydrogen) atoms. The van der Waals surface area contributed by atoms with Crippen LogP contribution in [-0.2, 0) is 41.9 Å². The number of carbonyl (C=O) groups excluding carboxylic acids is 3. The highest BCUT2D eigenvalue weighted by Gasteiger charge is 2.84. The Morgan fingerprint density at radius 2 is 1.39 bits per heavy atom. The molecule has 4 rings (SSSR count). The van der Waals surface area contributed by atoms with Crippen molar-refractivity contribution in [1.82, 2.24) is 0 Å². The zero-order valence-electron chi connectivity index (χ0n) is 29.3. The second-order valence-electron chi connectivity index (χ2n) is 16.9. The van der Waals surface area contributed by atoms with E-state index in [0.717, 1.165) is 5.57 Å². The van der Waals surface area contributed by atoms with Crippen LogP contribution in [0.2, 0.25) is 58.9 Å². The van der Waals surface area contributed by atoms with Gasteiger partial charge < -0.3 is 27.5 Å². The van der Waals surface area contributed by atoms with Gasteiger partial charge in [0.25, 0.3) is 0 Å². The van der Waals surface area contributed by atoms with Gasteiger partial charge in [-0.15, -0.1) is 0 Å². The Hall–Kier alpha value is -1.32. The van der Waals surface area contributed by atoms with E-state index in [2.05, 4.69) is 65.5 Å². The molecule has 0 unspecified atom stereocenters. The minimum atomic E-state index is -2.31. The molecule has 250 valence electrons. The summed E-state index contributed by atoms with van der Waals surface area (Å²) in [4.78, 5) is 43.3. The molecule has 4 saturated carbocycles. The molecule has 0 aromatic heterocycles. The quantitative estimate of drug-likeness (QED) is 0.128. The highest BCUT2D eigenvalue weighted by molar-refractivity contribution is 6.70. The minimum absolute atomic E-state index is 0.282. The highest BCUT2D eigenvalue weighted by Crippen LogP contribution is 2.79. The lowest BCUT2D eigenvalue weighted by atomic mass is 9.50. The summed E-state index contributed by atoms with van der Waals surface area (Å²) in [6.07, 6.45) is 1.31. The molecule has 9 atom stereocenters. The first-order chi connectivity index (χ1) is 20.0. The van der Waals surface area contributed by atoms with Gasteiger partial charge >= 0.3 is 17.9 Å². The number of carbonyl (C=O) groups is 3. The molecule has 9 nitrogen and oxygen atoms in total. The van der Waals surface area contributed by atoms with Gasteiger partial charge in [0.15, 0.2) is 25.0 Å². The summed E-state index contributed by atoms with van der Waals surface area (Å²) in [5.74, 6) is -3.29. The van der Waals surface area contributed by atoms with Crippen LogP contribution >= 0.6 is 0 Å². The van der Waals surface area contributed by atoms with Gasteiger partial charge in [0, 0.05) is 5.92 Å². The number of fused-ring (bicyclic) bond motifs is 3. The van der Waals surface area contributed by atoms with Crippen LogP contribution in [0.4, 0.5) is 0 Å². The van der Waals surface area contributed by atoms with E-state index in [1.54, 1.807) is 0 Å². The fourth-order valence-corrected chi connectivity index (χ4v) is 13.8. The summed E-state index contributed by atoms with van der Waals surface area (Å²) in [5.41, 5.74) is -3.02. The molecule has 0 aromatic rings. The van der Waals surface area contributed by atoms with Crippen molar-refractivity contribution in [1.29, 1.82) is 0 Å². The smallest absolute Gasteiger partial charge is 0.314 e. The Morgan fingerprint density at radius 1 is 0.818 bits per heavy atom. The average Bonchev–Trinajstić information content (AvgIpc) is 3.25. The summed E-state index contributed by atoms with van der Waals surface area (Å²) in [6, 6.07) is 0. The lowest BCUT2D eigenvalue weighted by Crippen LogP contribution is -2.68. The van der Waals surface area contributed by atoms with Crippen molar-refractivity contribution in [3.05, 3.63) is 12.2 Å². The molecule has 12 heteroatoms. The topological polar surface area (TPSA) is 107 Å². The van der Waals surface area contributed by atoms with Gasteiger partial charge in [-0.1, -0.05) is 6.58 Å². The van der Waals surface area contributed by atoms with Gasteiger partial charge in [0.1, 0.15) is 0 Å². The van der Waals surface area contributed by atoms with Crippen LogP contribution in [0.25, 0.3) is 0 Å². The van der Waals surface area contributed by atoms with E-state index in [1.807, 2.05) is 6.92 Å². The fraction of sp³-hybridized carbons (Fsp3) is 0.844. The Labute approximate surface area is 267 Å². The summed E-state index contributed by atoms with van der Waals surface area (Å²) in [7, 11) is -2.45. The van der Waals surface area contributed by atoms with E-state index in [-0.39, 0.29) is 12.3 Å². The zero-order chi connectivity index (χ0) is 33.5. The van der Waals surface area contributed by atoms with E-state index >= 15 is 0 Å². The first-order valence-electron chi connectivity index (χ1n) is 16.0. The van der Waals surface area contributed by atoms with Crippen LogP contribution < -0.4 is 0 Å². The number of hydrogen-bond acceptors (Lipinski definition) is 9. The number of methoxy groups -OCH3 is 3. The van der Waals surface area contributed by atoms with Crippen LogP contribution in [0.1, 0.15) is 39.0 Å². The Bertz CT molecular complexity index is 1200. The molecule has 4 fully saturated rings. The van der Waals surface area contributed by atoms with E-state index < -0.39 is 88.7 Å². The second kappa shape index (κ2) is 11.1. The molecule has 0 amide bonds. The number of esters is 3. The van der Waals surface area contributed by atoms with Crippen molar-refractivity contribution in [3.63, 3.8) is 0 Å². The molecule has 4 aliphatic rings. The maximum absolute atomic E-state index is 14.6. The van der Waals surface area contributed by atoms with Crippen molar-refractivity contribution in [2.45, 2.75) is 116 Å². The van der Waals surface area contributed by atoms with Gasteiger partial charge in [-0.3, -0.25) is 14.4 Å². The summed E-state index contributed by atoms with van der Waals surface area (Å²) < 4.78 is 37.7. The van der Waals surface area contributed by atoms with Crippen LogP contribution in [0, 0.1) is 34.0 Å². The number of ether oxygens (including phenoxy) is 3. The molecule has 4 aliphatic carbocycles. The largest absolute Gasteiger partial charge is 0.469 e. The Kier molecular flexibility index (Phi) is 9.00. The maximum Gasteiger partial charge on any atom is 0.314 e. The molecule has 2 bridgehead atoms. The first kappa shape index (κ1) is 35.5. The predicted octanol–water partition coefficient (Wildman–Crippen LogP) is 5.92. The third kappa shape index (κ3) is 5.42. The third-order valence-corrected chi connectivity index (χ3v) is 13.7. The standard InChI is InChI=1S/C32H56O9Si3/c1-20-17-30-19-31(20,41-44(12,13)14)16-15-22(30)32(28(35)38-5)18-21(39-42(6,7)8)25(40-43(9,10)11)29(2,27(34)37-4)24(32)23(30)26(33)36-3/h21-25H,1,15-19H2,2-14H3/t21-,22+,23+,24+,25-,29-,30-,31-,32+/m0/s1. The molecule has 0 radical (unpaired) electrons. The van der Waals surface area contributed by atoms with Crippen molar-refractivity contribution in [2.75, 3.05) is 21.3 Å². The molecular formula is C32H56O9Si3. The summed E-state index contributed by atoms with van der Waals surface area (Å²) >= 11 is 0. The van der Waals surface area contributed by atoms with Crippen LogP contribution in [0.5, 0.6) is 0 Å². The zero-order valence-corrected chi connectivity index (χ0v) is 32.3. The first-order valence-corrected chi connectivity index (χ1v) is 26.2. The van der Waals surface area contributed by atoms with Gasteiger partial charge in [-0.25, -0.2) is 0 Å². The van der Waals surface area contributed by atoms with Gasteiger partial charge in [-0.2, -0.15) is 0 Å². The van der Waals surface area contributed by atoms with Crippen LogP contribution in [0.15, 0.2) is 12.2 Å². The van der Waals surface area contributed by atoms with Gasteiger partial charge in [0.05, 0.1) is 55.9 Å². The van der Waals surface area contributed by atoms with Gasteiger partial charge in [-0.05, 0) is 115 Å². The SMILES string of the molecule is C=C1C[C@]23C[C@@]1(O[Si](C)(C)C)CC[C@H]2[C@]1(C(=O)OC)C[C@H](O[Si](C)(C)C)[C@H](O[Si](C)(C)C)[C@@](C)(C(=O)OC)[C@H]1[C@@H]3C(=O)OC. The fourth-order valence-electron chi connectivity index (χ4n) is 10.0. The van der Waals surface area contributed by atoms with E-state index in [9.17, 15) is 14.4 Å². The van der Waals surface area contributed by atoms with E-state index in [1.165, 1.54) is 21.3 Å². The molecule has 0 N–H and O–H groups in total. The predicted molar refractivity (Wildman–Crippen MR) is 175 cm³/mol. The van der Waals surface area contributed by atoms with E-state index in [4.69, 9.17) is 27.5 Å². The van der Waals surface area contributed by atoms with Crippen molar-refractivity contribution >= 4 is 42.9 Å². The van der Waals surface area contributed by atoms with Crippen LogP contribution in [0.3, 0.4) is 0 Å². The molecule has 1 spiro atoms. The van der Waals surface area contributed by atoms with Crippen LogP contribution in [-0.4, -0.2) is 82.0 Å². The molecule has 0 aromatic carbocycles. The average molecular weight is 669 g/mol. The van der Waals surface area contributed by atoms with Crippen molar-refractivity contribution < 1.29 is 41.9 Å². The number of hydrogen-bond donors (Lipinski definition) is 0. The van der Waals surface area contributed by atoms with Crippen molar-refractivity contribution in [3.8, 4) is 0 Å². The minimum Gasteiger partial charge on any atom is -0.469 e. The summed E-state index contributed by atoms with van der Waals surface area (Å²) in [6.45, 7) is 25.4. The molecule has 0 saturated heterocycles. The third-order valence-electron chi connectivity index (χ3n) is 10.7. The lowest BCUT2D eigenvalue weighted by Gasteiger charge is -2.58. The summed E-state index contributed by atoms with van der Waals surface area (Å²) in [5, 5.41) is 0. The lowest BCUT2D eigenvalue weighted by molar-refractivity contribution is -0.209. The Morgan fingerprint density at radius 3 is 1.86 bits per heavy atom. The van der Waals surface area contributed by atoms with Crippen molar-refractivity contribution in [2.24, 2.45) is 34.0 Å². The maximum atomic E-state index is 14.6. The Balaban J connectivity index is 2.09. The van der Waals surface area contributed by atoms with Gasteiger partial charge in [0.2, 0.25) is 0 Å². The normalized spacial score (nSPS) is 40.2. The molecular weight excluding hydrogens is 613 g/mol. The molecule has 0 heterocycles. The monoisotopic (exact) mass is 668 g/mol. The highest BCUT2D eigenvalue weighted by atomic mass is 28.4.